The zero-order valence-corrected chi connectivity index (χ0v) is 22.8. The number of pyridine rings is 1. The number of benzene rings is 2. The molecule has 10 nitrogen and oxygen atoms in total. The lowest BCUT2D eigenvalue weighted by molar-refractivity contribution is -0.109. The van der Waals surface area contributed by atoms with E-state index in [0.717, 1.165) is 53.4 Å². The Hall–Kier alpha value is -4.28. The molecule has 0 saturated carbocycles. The van der Waals surface area contributed by atoms with Crippen LogP contribution in [-0.2, 0) is 22.4 Å². The smallest absolute Gasteiger partial charge is 0.254 e. The van der Waals surface area contributed by atoms with E-state index in [1.165, 1.54) is 23.5 Å². The number of carbonyl (C=O) groups excluding carboxylic acids is 2. The summed E-state index contributed by atoms with van der Waals surface area (Å²) >= 11 is 0. The maximum atomic E-state index is 12.8. The molecule has 2 aromatic carbocycles. The summed E-state index contributed by atoms with van der Waals surface area (Å²) in [5.41, 5.74) is 23.2. The lowest BCUT2D eigenvalue weighted by atomic mass is 9.85. The number of aromatic nitrogens is 1. The molecule has 0 bridgehead atoms. The maximum absolute atomic E-state index is 12.8. The van der Waals surface area contributed by atoms with Crippen molar-refractivity contribution in [3.63, 3.8) is 0 Å². The second-order valence-corrected chi connectivity index (χ2v) is 9.31. The molecule has 2 amide bonds. The number of nitrogens with two attached hydrogens (primary N) is 3. The van der Waals surface area contributed by atoms with Gasteiger partial charge in [0.2, 0.25) is 6.41 Å². The summed E-state index contributed by atoms with van der Waals surface area (Å²) < 4.78 is 5.35. The second-order valence-electron chi connectivity index (χ2n) is 9.31. The van der Waals surface area contributed by atoms with Crippen molar-refractivity contribution in [1.29, 1.82) is 5.41 Å². The van der Waals surface area contributed by atoms with Crippen LogP contribution < -0.4 is 22.5 Å². The minimum atomic E-state index is 0.0504. The fourth-order valence-corrected chi connectivity index (χ4v) is 4.92. The highest BCUT2D eigenvalue weighted by molar-refractivity contribution is 6.05. The third-order valence-corrected chi connectivity index (χ3v) is 6.76. The highest BCUT2D eigenvalue weighted by atomic mass is 16.5. The number of morpholine rings is 1. The number of carbonyl (C=O) groups is 2. The number of anilines is 1. The molecule has 2 heterocycles. The molecule has 0 spiro atoms. The summed E-state index contributed by atoms with van der Waals surface area (Å²) in [4.78, 5) is 29.0. The SMILES string of the molecule is C=CN.N=Cc1c(N)ccc2nc(-c3ccc(C(=O)N4CCOCC4)cc3)c3c(c12)CCCC3.NCCNC=O. The van der Waals surface area contributed by atoms with E-state index < -0.39 is 0 Å². The Balaban J connectivity index is 0.000000429. The maximum Gasteiger partial charge on any atom is 0.254 e. The Morgan fingerprint density at radius 3 is 2.33 bits per heavy atom. The van der Waals surface area contributed by atoms with Crippen LogP contribution in [0.15, 0.2) is 49.2 Å². The molecule has 40 heavy (non-hydrogen) atoms. The normalized spacial score (nSPS) is 14.0. The van der Waals surface area contributed by atoms with Crippen molar-refractivity contribution in [2.24, 2.45) is 11.5 Å². The van der Waals surface area contributed by atoms with Crippen molar-refractivity contribution in [2.45, 2.75) is 25.7 Å². The molecule has 2 aliphatic rings. The van der Waals surface area contributed by atoms with Gasteiger partial charge in [0, 0.05) is 60.2 Å². The van der Waals surface area contributed by atoms with Crippen LogP contribution >= 0.6 is 0 Å². The molecule has 1 aliphatic heterocycles. The molecule has 1 saturated heterocycles. The Bertz CT molecular complexity index is 1320. The van der Waals surface area contributed by atoms with Gasteiger partial charge >= 0.3 is 0 Å². The number of nitrogens with one attached hydrogen (secondary N) is 2. The van der Waals surface area contributed by atoms with E-state index in [0.29, 0.717) is 57.1 Å². The Labute approximate surface area is 235 Å². The van der Waals surface area contributed by atoms with Crippen LogP contribution in [0, 0.1) is 5.41 Å². The molecule has 0 unspecified atom stereocenters. The predicted molar refractivity (Wildman–Crippen MR) is 160 cm³/mol. The standard InChI is InChI=1S/C25H26N4O2.C3H8N2O.C2H5N/c26-15-20-21(27)9-10-22-23(20)18-3-1-2-4-19(18)24(28-22)16-5-7-17(8-6-16)25(30)29-11-13-31-14-12-29;4-1-2-5-3-6;1-2-3/h5-10,15,26H,1-4,11-14,27H2;3H,1-2,4H2,(H,5,6);2H,1,3H2. The first kappa shape index (κ1) is 30.3. The Kier molecular flexibility index (Phi) is 11.6. The van der Waals surface area contributed by atoms with Gasteiger partial charge in [-0.25, -0.2) is 4.98 Å². The van der Waals surface area contributed by atoms with Gasteiger partial charge < -0.3 is 37.6 Å². The minimum absolute atomic E-state index is 0.0504. The number of hydrogen-bond donors (Lipinski definition) is 5. The topological polar surface area (TPSA) is 173 Å². The van der Waals surface area contributed by atoms with Crippen molar-refractivity contribution >= 4 is 35.1 Å². The van der Waals surface area contributed by atoms with Gasteiger partial charge in [0.15, 0.2) is 0 Å². The second kappa shape index (κ2) is 15.3. The molecule has 1 aliphatic carbocycles. The van der Waals surface area contributed by atoms with Crippen LogP contribution in [0.3, 0.4) is 0 Å². The first-order valence-electron chi connectivity index (χ1n) is 13.4. The average Bonchev–Trinajstić information content (AvgIpc) is 3.00. The van der Waals surface area contributed by atoms with Crippen molar-refractivity contribution in [3.8, 4) is 11.3 Å². The van der Waals surface area contributed by atoms with Gasteiger partial charge in [-0.05, 0) is 67.3 Å². The molecule has 1 aromatic heterocycles. The molecule has 5 rings (SSSR count). The number of aryl methyl sites for hydroxylation is 1. The van der Waals surface area contributed by atoms with Gasteiger partial charge in [-0.1, -0.05) is 18.7 Å². The third-order valence-electron chi connectivity index (χ3n) is 6.76. The van der Waals surface area contributed by atoms with Crippen LogP contribution in [-0.4, -0.2) is 67.8 Å². The Morgan fingerprint density at radius 1 is 1.10 bits per heavy atom. The van der Waals surface area contributed by atoms with Crippen LogP contribution in [0.5, 0.6) is 0 Å². The van der Waals surface area contributed by atoms with E-state index in [-0.39, 0.29) is 5.91 Å². The van der Waals surface area contributed by atoms with Crippen LogP contribution in [0.2, 0.25) is 0 Å². The van der Waals surface area contributed by atoms with E-state index in [2.05, 4.69) is 17.6 Å². The highest BCUT2D eigenvalue weighted by Gasteiger charge is 2.22. The van der Waals surface area contributed by atoms with Gasteiger partial charge in [-0.2, -0.15) is 0 Å². The van der Waals surface area contributed by atoms with Gasteiger partial charge in [-0.15, -0.1) is 0 Å². The van der Waals surface area contributed by atoms with Crippen LogP contribution in [0.25, 0.3) is 22.2 Å². The van der Waals surface area contributed by atoms with Crippen molar-refractivity contribution in [1.82, 2.24) is 15.2 Å². The number of fused-ring (bicyclic) bond motifs is 3. The van der Waals surface area contributed by atoms with Crippen molar-refractivity contribution in [3.05, 3.63) is 71.4 Å². The molecule has 3 aromatic rings. The number of nitrogen functional groups attached to an aromatic ring is 1. The van der Waals surface area contributed by atoms with Gasteiger partial charge in [0.05, 0.1) is 24.4 Å². The van der Waals surface area contributed by atoms with Crippen LogP contribution in [0.4, 0.5) is 5.69 Å². The molecule has 0 atom stereocenters. The highest BCUT2D eigenvalue weighted by Crippen LogP contribution is 2.37. The number of nitrogens with zero attached hydrogens (tertiary/aromatic N) is 2. The molecule has 1 fully saturated rings. The zero-order chi connectivity index (χ0) is 28.9. The first-order chi connectivity index (χ1) is 19.5. The summed E-state index contributed by atoms with van der Waals surface area (Å²) in [6.07, 6.45) is 7.42. The fraction of sp³-hybridized carbons (Fsp3) is 0.333. The lowest BCUT2D eigenvalue weighted by Gasteiger charge is -2.27. The summed E-state index contributed by atoms with van der Waals surface area (Å²) in [7, 11) is 0. The van der Waals surface area contributed by atoms with Gasteiger partial charge in [0.25, 0.3) is 5.91 Å². The largest absolute Gasteiger partial charge is 0.405 e. The van der Waals surface area contributed by atoms with Crippen molar-refractivity contribution < 1.29 is 14.3 Å². The van der Waals surface area contributed by atoms with E-state index in [9.17, 15) is 9.59 Å². The minimum Gasteiger partial charge on any atom is -0.405 e. The number of hydrogen-bond acceptors (Lipinski definition) is 8. The summed E-state index contributed by atoms with van der Waals surface area (Å²) in [5, 5.41) is 11.3. The monoisotopic (exact) mass is 545 g/mol. The van der Waals surface area contributed by atoms with E-state index in [4.69, 9.17) is 26.6 Å². The van der Waals surface area contributed by atoms with E-state index >= 15 is 0 Å². The number of ether oxygens (including phenoxy) is 1. The number of amides is 2. The molecule has 10 heteroatoms. The molecular formula is C30H39N7O3. The lowest BCUT2D eigenvalue weighted by Crippen LogP contribution is -2.40. The van der Waals surface area contributed by atoms with Gasteiger partial charge in [-0.3, -0.25) is 9.59 Å². The van der Waals surface area contributed by atoms with Crippen LogP contribution in [0.1, 0.15) is 39.9 Å². The van der Waals surface area contributed by atoms with E-state index in [1.54, 1.807) is 0 Å². The van der Waals surface area contributed by atoms with Gasteiger partial charge in [0.1, 0.15) is 0 Å². The van der Waals surface area contributed by atoms with E-state index in [1.807, 2.05) is 41.3 Å². The van der Waals surface area contributed by atoms with Crippen molar-refractivity contribution in [2.75, 3.05) is 45.1 Å². The summed E-state index contributed by atoms with van der Waals surface area (Å²) in [5.74, 6) is 0.0504. The molecule has 212 valence electrons. The Morgan fingerprint density at radius 2 is 1.75 bits per heavy atom. The fourth-order valence-electron chi connectivity index (χ4n) is 4.92. The molecule has 8 N–H and O–H groups in total. The summed E-state index contributed by atoms with van der Waals surface area (Å²) in [6, 6.07) is 11.6. The molecular weight excluding hydrogens is 506 g/mol. The third kappa shape index (κ3) is 7.22. The predicted octanol–water partition coefficient (Wildman–Crippen LogP) is 2.61. The number of rotatable bonds is 6. The summed E-state index contributed by atoms with van der Waals surface area (Å²) in [6.45, 7) is 6.69. The molecule has 0 radical (unpaired) electrons. The average molecular weight is 546 g/mol. The zero-order valence-electron chi connectivity index (χ0n) is 22.8. The quantitative estimate of drug-likeness (QED) is 0.137. The first-order valence-corrected chi connectivity index (χ1v) is 13.4.